The molecule has 0 saturated heterocycles. The first-order chi connectivity index (χ1) is 7.54. The van der Waals surface area contributed by atoms with Gasteiger partial charge in [-0.05, 0) is 29.8 Å². The first-order valence-corrected chi connectivity index (χ1v) is 4.91. The number of rotatable bonds is 2. The fourth-order valence-electron chi connectivity index (χ4n) is 1.59. The number of pyridine rings is 1. The van der Waals surface area contributed by atoms with E-state index < -0.39 is 5.38 Å². The Morgan fingerprint density at radius 1 is 1.31 bits per heavy atom. The second-order valence-corrected chi connectivity index (χ2v) is 3.69. The number of halogens is 3. The monoisotopic (exact) mass is 243 g/mol. The van der Waals surface area contributed by atoms with Crippen LogP contribution in [0.4, 0.5) is 8.78 Å². The van der Waals surface area contributed by atoms with Gasteiger partial charge in [-0.15, -0.1) is 0 Å². The quantitative estimate of drug-likeness (QED) is 0.753. The fourth-order valence-corrected chi connectivity index (χ4v) is 1.79. The summed E-state index contributed by atoms with van der Waals surface area (Å²) >= 11 is 5.08. The number of aromatic nitrogens is 1. The lowest BCUT2D eigenvalue weighted by Gasteiger charge is -2.15. The lowest BCUT2D eigenvalue weighted by Crippen LogP contribution is -2.07. The van der Waals surface area contributed by atoms with Crippen LogP contribution in [0.2, 0.25) is 0 Å². The Balaban J connectivity index is 2.84. The van der Waals surface area contributed by atoms with Crippen LogP contribution in [0.3, 0.4) is 0 Å². The zero-order chi connectivity index (χ0) is 11.8. The van der Waals surface area contributed by atoms with Gasteiger partial charge in [0.2, 0.25) is 0 Å². The molecule has 2 aromatic rings. The van der Waals surface area contributed by atoms with E-state index >= 15 is 0 Å². The van der Waals surface area contributed by atoms with Gasteiger partial charge in [0, 0.05) is 11.6 Å². The minimum atomic E-state index is -3.48. The molecule has 1 aromatic heterocycles. The maximum absolute atomic E-state index is 13.3. The van der Waals surface area contributed by atoms with Crippen molar-refractivity contribution in [2.24, 2.45) is 0 Å². The van der Waals surface area contributed by atoms with Crippen LogP contribution in [0.25, 0.3) is 10.9 Å². The molecule has 0 amide bonds. The molecule has 16 heavy (non-hydrogen) atoms. The summed E-state index contributed by atoms with van der Waals surface area (Å²) < 4.78 is 31.5. The van der Waals surface area contributed by atoms with Crippen LogP contribution in [0, 0.1) is 0 Å². The van der Waals surface area contributed by atoms with E-state index in [9.17, 15) is 8.78 Å². The maximum atomic E-state index is 13.3. The second-order valence-electron chi connectivity index (χ2n) is 3.21. The summed E-state index contributed by atoms with van der Waals surface area (Å²) in [6.07, 6.45) is 1.53. The molecule has 0 saturated carbocycles. The first-order valence-electron chi connectivity index (χ1n) is 4.53. The maximum Gasteiger partial charge on any atom is 0.352 e. The molecule has 1 aromatic carbocycles. The molecule has 1 heterocycles. The smallest absolute Gasteiger partial charge is 0.352 e. The minimum absolute atomic E-state index is 0.0560. The Labute approximate surface area is 95.8 Å². The van der Waals surface area contributed by atoms with E-state index in [0.717, 1.165) is 0 Å². The highest BCUT2D eigenvalue weighted by Crippen LogP contribution is 2.42. The Morgan fingerprint density at radius 3 is 2.69 bits per heavy atom. The predicted octanol–water partition coefficient (Wildman–Crippen LogP) is 3.53. The van der Waals surface area contributed by atoms with Crippen LogP contribution in [-0.4, -0.2) is 12.1 Å². The van der Waals surface area contributed by atoms with Gasteiger partial charge in [-0.1, -0.05) is 6.07 Å². The summed E-state index contributed by atoms with van der Waals surface area (Å²) in [7, 11) is 1.32. The van der Waals surface area contributed by atoms with Gasteiger partial charge >= 0.3 is 5.38 Å². The number of fused-ring (bicyclic) bond motifs is 1. The first kappa shape index (κ1) is 11.1. The van der Waals surface area contributed by atoms with Crippen LogP contribution >= 0.6 is 11.6 Å². The number of hydrogen-bond acceptors (Lipinski definition) is 2. The Kier molecular flexibility index (Phi) is 2.68. The normalized spacial score (nSPS) is 11.8. The second kappa shape index (κ2) is 3.87. The molecule has 84 valence electrons. The van der Waals surface area contributed by atoms with Crippen molar-refractivity contribution >= 4 is 22.5 Å². The van der Waals surface area contributed by atoms with Crippen molar-refractivity contribution in [3.8, 4) is 5.75 Å². The summed E-state index contributed by atoms with van der Waals surface area (Å²) in [6.45, 7) is 0. The van der Waals surface area contributed by atoms with E-state index in [-0.39, 0.29) is 11.3 Å². The van der Waals surface area contributed by atoms with E-state index in [2.05, 4.69) is 4.98 Å². The lowest BCUT2D eigenvalue weighted by molar-refractivity contribution is 0.0935. The Bertz CT molecular complexity index is 525. The highest BCUT2D eigenvalue weighted by molar-refractivity contribution is 6.23. The van der Waals surface area contributed by atoms with Crippen molar-refractivity contribution in [3.05, 3.63) is 36.0 Å². The van der Waals surface area contributed by atoms with Gasteiger partial charge in [-0.3, -0.25) is 4.98 Å². The van der Waals surface area contributed by atoms with Gasteiger partial charge in [0.05, 0.1) is 18.2 Å². The topological polar surface area (TPSA) is 22.1 Å². The molecule has 0 radical (unpaired) electrons. The molecule has 0 atom stereocenters. The minimum Gasteiger partial charge on any atom is -0.496 e. The number of ether oxygens (including phenoxy) is 1. The standard InChI is InChI=1S/C11H8ClF2NO/c1-16-9-5-4-8-7(3-2-6-15-8)10(9)11(12,13)14/h2-6H,1H3. The number of hydrogen-bond donors (Lipinski definition) is 0. The summed E-state index contributed by atoms with van der Waals surface area (Å²) in [5, 5.41) is -3.18. The summed E-state index contributed by atoms with van der Waals surface area (Å²) in [5.41, 5.74) is 0.112. The lowest BCUT2D eigenvalue weighted by atomic mass is 10.1. The molecule has 0 fully saturated rings. The third-order valence-corrected chi connectivity index (χ3v) is 2.44. The van der Waals surface area contributed by atoms with Crippen LogP contribution in [0.1, 0.15) is 5.56 Å². The van der Waals surface area contributed by atoms with E-state index in [0.29, 0.717) is 10.9 Å². The molecule has 0 N–H and O–H groups in total. The van der Waals surface area contributed by atoms with Gasteiger partial charge in [-0.25, -0.2) is 0 Å². The average Bonchev–Trinajstić information content (AvgIpc) is 2.26. The van der Waals surface area contributed by atoms with Crippen molar-refractivity contribution in [3.63, 3.8) is 0 Å². The number of benzene rings is 1. The van der Waals surface area contributed by atoms with Crippen LogP contribution in [0.15, 0.2) is 30.5 Å². The van der Waals surface area contributed by atoms with Gasteiger partial charge in [-0.2, -0.15) is 8.78 Å². The van der Waals surface area contributed by atoms with Crippen molar-refractivity contribution in [1.29, 1.82) is 0 Å². The van der Waals surface area contributed by atoms with Crippen molar-refractivity contribution in [2.45, 2.75) is 5.38 Å². The van der Waals surface area contributed by atoms with Crippen LogP contribution < -0.4 is 4.74 Å². The summed E-state index contributed by atoms with van der Waals surface area (Å²) in [4.78, 5) is 3.98. The van der Waals surface area contributed by atoms with Gasteiger partial charge < -0.3 is 4.74 Å². The molecule has 0 aliphatic rings. The van der Waals surface area contributed by atoms with E-state index in [1.807, 2.05) is 0 Å². The van der Waals surface area contributed by atoms with Crippen molar-refractivity contribution in [1.82, 2.24) is 4.98 Å². The highest BCUT2D eigenvalue weighted by atomic mass is 35.5. The van der Waals surface area contributed by atoms with Crippen LogP contribution in [0.5, 0.6) is 5.75 Å². The molecule has 2 nitrogen and oxygen atoms in total. The summed E-state index contributed by atoms with van der Waals surface area (Å²) in [6, 6.07) is 6.16. The van der Waals surface area contributed by atoms with Gasteiger partial charge in [0.15, 0.2) is 0 Å². The highest BCUT2D eigenvalue weighted by Gasteiger charge is 2.33. The van der Waals surface area contributed by atoms with E-state index in [1.54, 1.807) is 12.1 Å². The SMILES string of the molecule is COc1ccc2ncccc2c1C(F)(F)Cl. The molecule has 0 aliphatic heterocycles. The van der Waals surface area contributed by atoms with Crippen LogP contribution in [-0.2, 0) is 5.38 Å². The number of methoxy groups -OCH3 is 1. The molecule has 5 heteroatoms. The molecular formula is C11H8ClF2NO. The third kappa shape index (κ3) is 1.80. The number of alkyl halides is 3. The fraction of sp³-hybridized carbons (Fsp3) is 0.182. The molecule has 0 unspecified atom stereocenters. The number of nitrogens with zero attached hydrogens (tertiary/aromatic N) is 1. The molecular weight excluding hydrogens is 236 g/mol. The zero-order valence-corrected chi connectivity index (χ0v) is 9.13. The Morgan fingerprint density at radius 2 is 2.06 bits per heavy atom. The molecule has 0 aliphatic carbocycles. The van der Waals surface area contributed by atoms with Gasteiger partial charge in [0.25, 0.3) is 0 Å². The largest absolute Gasteiger partial charge is 0.496 e. The van der Waals surface area contributed by atoms with Crippen molar-refractivity contribution < 1.29 is 13.5 Å². The third-order valence-electron chi connectivity index (χ3n) is 2.25. The molecule has 0 bridgehead atoms. The van der Waals surface area contributed by atoms with E-state index in [4.69, 9.17) is 16.3 Å². The average molecular weight is 244 g/mol. The zero-order valence-electron chi connectivity index (χ0n) is 8.38. The van der Waals surface area contributed by atoms with Crippen molar-refractivity contribution in [2.75, 3.05) is 7.11 Å². The summed E-state index contributed by atoms with van der Waals surface area (Å²) in [5.74, 6) is 0.0560. The molecule has 2 rings (SSSR count). The van der Waals surface area contributed by atoms with E-state index in [1.165, 1.54) is 25.4 Å². The molecule has 0 spiro atoms. The Hall–Kier alpha value is -1.42. The predicted molar refractivity (Wildman–Crippen MR) is 58.0 cm³/mol. The van der Waals surface area contributed by atoms with Gasteiger partial charge in [0.1, 0.15) is 5.75 Å².